The van der Waals surface area contributed by atoms with E-state index in [-0.39, 0.29) is 5.41 Å². The predicted octanol–water partition coefficient (Wildman–Crippen LogP) is 17.0. The summed E-state index contributed by atoms with van der Waals surface area (Å²) in [5, 5.41) is 2.39. The fraction of sp³-hybridized carbons (Fsp3) is 0.447. The van der Waals surface area contributed by atoms with E-state index >= 15 is 0 Å². The molecular weight excluding hydrogens is 693 g/mol. The summed E-state index contributed by atoms with van der Waals surface area (Å²) >= 11 is 7.95. The Morgan fingerprint density at radius 1 is 0.510 bits per heavy atom. The third-order valence-electron chi connectivity index (χ3n) is 11.2. The number of rotatable bonds is 19. The van der Waals surface area contributed by atoms with Gasteiger partial charge in [0.25, 0.3) is 0 Å². The molecule has 0 spiro atoms. The lowest BCUT2D eigenvalue weighted by Gasteiger charge is -2.33. The van der Waals surface area contributed by atoms with Crippen molar-refractivity contribution in [2.24, 2.45) is 0 Å². The summed E-state index contributed by atoms with van der Waals surface area (Å²) in [6.07, 6.45) is 20.4. The van der Waals surface area contributed by atoms with E-state index in [4.69, 9.17) is 0 Å². The van der Waals surface area contributed by atoms with Crippen LogP contribution in [0.1, 0.15) is 140 Å². The van der Waals surface area contributed by atoms with E-state index in [1.165, 1.54) is 159 Å². The smallest absolute Gasteiger partial charge is 0.0464 e. The van der Waals surface area contributed by atoms with E-state index in [0.717, 1.165) is 0 Å². The largest absolute Gasteiger partial charge is 0.143 e. The highest BCUT2D eigenvalue weighted by Crippen LogP contribution is 2.55. The number of fused-ring (bicyclic) bond motifs is 4. The molecule has 0 nitrogen and oxygen atoms in total. The van der Waals surface area contributed by atoms with Gasteiger partial charge >= 0.3 is 0 Å². The fourth-order valence-corrected chi connectivity index (χ4v) is 13.1. The van der Waals surface area contributed by atoms with Gasteiger partial charge in [-0.1, -0.05) is 128 Å². The highest BCUT2D eigenvalue weighted by Gasteiger charge is 2.42. The first-order valence-electron chi connectivity index (χ1n) is 20.1. The molecule has 2 aromatic carbocycles. The summed E-state index contributed by atoms with van der Waals surface area (Å²) in [6.45, 7) is 9.32. The lowest BCUT2D eigenvalue weighted by Crippen LogP contribution is -2.25. The molecule has 51 heavy (non-hydrogen) atoms. The summed E-state index contributed by atoms with van der Waals surface area (Å²) in [4.78, 5) is 7.26. The summed E-state index contributed by atoms with van der Waals surface area (Å²) < 4.78 is 2.88. The zero-order chi connectivity index (χ0) is 35.2. The molecule has 1 aliphatic rings. The molecule has 268 valence electrons. The van der Waals surface area contributed by atoms with Crippen LogP contribution in [-0.2, 0) is 18.3 Å². The molecule has 0 saturated carbocycles. The first-order chi connectivity index (χ1) is 25.1. The minimum atomic E-state index is 0.129. The van der Waals surface area contributed by atoms with Crippen molar-refractivity contribution in [3.63, 3.8) is 0 Å². The van der Waals surface area contributed by atoms with Gasteiger partial charge in [0.1, 0.15) is 0 Å². The fourth-order valence-electron chi connectivity index (χ4n) is 8.41. The summed E-state index contributed by atoms with van der Waals surface area (Å²) in [6, 6.07) is 26.9. The van der Waals surface area contributed by atoms with Gasteiger partial charge in [0, 0.05) is 39.2 Å². The summed E-state index contributed by atoms with van der Waals surface area (Å²) in [5.41, 5.74) is 10.8. The molecule has 0 fully saturated rings. The molecule has 6 aromatic rings. The minimum Gasteiger partial charge on any atom is -0.143 e. The van der Waals surface area contributed by atoms with Crippen LogP contribution >= 0.6 is 45.3 Å². The number of hydrogen-bond acceptors (Lipinski definition) is 4. The third kappa shape index (κ3) is 7.77. The quantitative estimate of drug-likeness (QED) is 0.0724. The number of thiophene rings is 4. The van der Waals surface area contributed by atoms with Gasteiger partial charge in [-0.2, -0.15) is 0 Å². The molecule has 4 heteroatoms. The van der Waals surface area contributed by atoms with Crippen LogP contribution in [0.4, 0.5) is 0 Å². The Hall–Kier alpha value is -2.50. The van der Waals surface area contributed by atoms with Gasteiger partial charge in [-0.3, -0.25) is 0 Å². The molecule has 0 atom stereocenters. The second kappa shape index (κ2) is 17.1. The van der Waals surface area contributed by atoms with Crippen LogP contribution < -0.4 is 0 Å². The average Bonchev–Trinajstić information content (AvgIpc) is 3.98. The lowest BCUT2D eigenvalue weighted by molar-refractivity contribution is 0.414. The van der Waals surface area contributed by atoms with Crippen molar-refractivity contribution in [2.45, 2.75) is 136 Å². The molecule has 0 saturated heterocycles. The molecule has 7 rings (SSSR count). The average molecular weight is 749 g/mol. The first kappa shape index (κ1) is 36.8. The zero-order valence-electron chi connectivity index (χ0n) is 31.4. The van der Waals surface area contributed by atoms with Crippen molar-refractivity contribution in [1.29, 1.82) is 0 Å². The van der Waals surface area contributed by atoms with Crippen LogP contribution in [0.15, 0.2) is 72.1 Å². The summed E-state index contributed by atoms with van der Waals surface area (Å²) in [7, 11) is 0. The Bertz CT molecular complexity index is 1990. The molecule has 0 bridgehead atoms. The Labute approximate surface area is 324 Å². The number of aryl methyl sites for hydroxylation is 2. The van der Waals surface area contributed by atoms with E-state index < -0.39 is 0 Å². The Kier molecular flexibility index (Phi) is 12.4. The van der Waals surface area contributed by atoms with Crippen molar-refractivity contribution in [3.8, 4) is 41.1 Å². The van der Waals surface area contributed by atoms with Crippen LogP contribution in [0.2, 0.25) is 0 Å². The van der Waals surface area contributed by atoms with Crippen LogP contribution in [0.25, 0.3) is 50.5 Å². The topological polar surface area (TPSA) is 0 Å². The molecule has 0 amide bonds. The SMILES string of the molecule is CCCCCCc1csc(-c2cc3sc(-c4cc(CCCCCC)c(-c5ccc6c(c5)C(CCCC)(CCCC)c5ccccc5-6)s4)cc3s2)c1. The van der Waals surface area contributed by atoms with Crippen LogP contribution in [0.3, 0.4) is 0 Å². The van der Waals surface area contributed by atoms with Gasteiger partial charge in [0.15, 0.2) is 0 Å². The lowest BCUT2D eigenvalue weighted by atomic mass is 9.70. The van der Waals surface area contributed by atoms with Crippen LogP contribution in [-0.4, -0.2) is 0 Å². The normalized spacial score (nSPS) is 13.3. The van der Waals surface area contributed by atoms with Crippen molar-refractivity contribution in [1.82, 2.24) is 0 Å². The van der Waals surface area contributed by atoms with E-state index in [1.807, 2.05) is 45.3 Å². The van der Waals surface area contributed by atoms with Gasteiger partial charge in [-0.25, -0.2) is 0 Å². The van der Waals surface area contributed by atoms with Crippen LogP contribution in [0.5, 0.6) is 0 Å². The molecule has 0 unspecified atom stereocenters. The van der Waals surface area contributed by atoms with E-state index in [9.17, 15) is 0 Å². The molecule has 4 aromatic heterocycles. The first-order valence-corrected chi connectivity index (χ1v) is 23.4. The zero-order valence-corrected chi connectivity index (χ0v) is 34.6. The van der Waals surface area contributed by atoms with E-state index in [0.29, 0.717) is 0 Å². The number of benzene rings is 2. The molecule has 4 heterocycles. The number of unbranched alkanes of at least 4 members (excludes halogenated alkanes) is 8. The Balaban J connectivity index is 1.22. The van der Waals surface area contributed by atoms with Gasteiger partial charge in [0.2, 0.25) is 0 Å². The van der Waals surface area contributed by atoms with E-state index in [1.54, 1.807) is 16.7 Å². The maximum atomic E-state index is 2.64. The molecule has 1 aliphatic carbocycles. The predicted molar refractivity (Wildman–Crippen MR) is 233 cm³/mol. The van der Waals surface area contributed by atoms with E-state index in [2.05, 4.69) is 99.8 Å². The second-order valence-corrected chi connectivity index (χ2v) is 19.1. The van der Waals surface area contributed by atoms with Crippen molar-refractivity contribution < 1.29 is 0 Å². The second-order valence-electron chi connectivity index (χ2n) is 15.0. The maximum Gasteiger partial charge on any atom is 0.0464 e. The maximum absolute atomic E-state index is 2.64. The minimum absolute atomic E-state index is 0.129. The summed E-state index contributed by atoms with van der Waals surface area (Å²) in [5.74, 6) is 0. The highest BCUT2D eigenvalue weighted by atomic mass is 32.1. The monoisotopic (exact) mass is 748 g/mol. The van der Waals surface area contributed by atoms with Gasteiger partial charge in [-0.05, 0) is 113 Å². The molecule has 0 N–H and O–H groups in total. The molecule has 0 aliphatic heterocycles. The molecular formula is C47H56S4. The highest BCUT2D eigenvalue weighted by molar-refractivity contribution is 7.33. The molecule has 0 radical (unpaired) electrons. The van der Waals surface area contributed by atoms with Crippen molar-refractivity contribution >= 4 is 54.7 Å². The Morgan fingerprint density at radius 3 is 1.84 bits per heavy atom. The van der Waals surface area contributed by atoms with Crippen molar-refractivity contribution in [3.05, 3.63) is 94.4 Å². The van der Waals surface area contributed by atoms with Crippen LogP contribution in [0, 0.1) is 0 Å². The van der Waals surface area contributed by atoms with Gasteiger partial charge in [0.05, 0.1) is 0 Å². The third-order valence-corrected chi connectivity index (χ3v) is 16.1. The van der Waals surface area contributed by atoms with Crippen molar-refractivity contribution in [2.75, 3.05) is 0 Å². The van der Waals surface area contributed by atoms with Gasteiger partial charge in [-0.15, -0.1) is 45.3 Å². The van der Waals surface area contributed by atoms with Gasteiger partial charge < -0.3 is 0 Å². The standard InChI is InChI=1S/C47H56S4/c1-5-9-13-15-19-33-27-40(48-32-33)42-30-44-45(49-42)31-43(50-44)41-29-34(20-16-14-10-6-2)46(51-41)35-23-24-37-36-21-17-18-22-38(36)47(25-11-7-3,26-12-8-4)39(37)28-35/h17-18,21-24,27-32H,5-16,19-20,25-26H2,1-4H3. The number of hydrogen-bond donors (Lipinski definition) is 0. The Morgan fingerprint density at radius 2 is 1.14 bits per heavy atom.